The van der Waals surface area contributed by atoms with Crippen molar-refractivity contribution in [3.05, 3.63) is 52.3 Å². The molecule has 0 aliphatic carbocycles. The van der Waals surface area contributed by atoms with Crippen LogP contribution in [-0.2, 0) is 18.2 Å². The lowest BCUT2D eigenvalue weighted by molar-refractivity contribution is -0.153. The number of anilines is 1. The average Bonchev–Trinajstić information content (AvgIpc) is 3.02. The molecule has 2 heterocycles. The summed E-state index contributed by atoms with van der Waals surface area (Å²) in [5, 5.41) is 3.32. The Balaban J connectivity index is 2.12. The number of rotatable bonds is 7. The van der Waals surface area contributed by atoms with Crippen LogP contribution < -0.4 is 10.1 Å². The van der Waals surface area contributed by atoms with Gasteiger partial charge in [0, 0.05) is 17.6 Å². The first-order valence-corrected chi connectivity index (χ1v) is 10.4. The van der Waals surface area contributed by atoms with E-state index < -0.39 is 24.7 Å². The van der Waals surface area contributed by atoms with Crippen molar-refractivity contribution in [2.45, 2.75) is 26.4 Å². The van der Waals surface area contributed by atoms with E-state index in [9.17, 15) is 22.8 Å². The highest BCUT2D eigenvalue weighted by atomic mass is 35.5. The summed E-state index contributed by atoms with van der Waals surface area (Å²) in [5.41, 5.74) is 1.10. The number of halogens is 4. The number of alkyl halides is 3. The molecule has 1 aromatic carbocycles. The van der Waals surface area contributed by atoms with Gasteiger partial charge in [-0.3, -0.25) is 4.79 Å². The summed E-state index contributed by atoms with van der Waals surface area (Å²) in [7, 11) is 1.48. The maximum atomic E-state index is 12.9. The van der Waals surface area contributed by atoms with Crippen molar-refractivity contribution in [2.75, 3.05) is 18.5 Å². The maximum absolute atomic E-state index is 12.9. The minimum Gasteiger partial charge on any atom is -0.481 e. The lowest BCUT2D eigenvalue weighted by Gasteiger charge is -2.12. The number of fused-ring (bicyclic) bond motifs is 1. The van der Waals surface area contributed by atoms with E-state index in [0.29, 0.717) is 22.7 Å². The van der Waals surface area contributed by atoms with E-state index >= 15 is 0 Å². The first-order valence-electron chi connectivity index (χ1n) is 10.0. The van der Waals surface area contributed by atoms with Crippen LogP contribution in [0.2, 0.25) is 5.02 Å². The highest BCUT2D eigenvalue weighted by Gasteiger charge is 2.32. The van der Waals surface area contributed by atoms with Gasteiger partial charge in [0.1, 0.15) is 5.65 Å². The van der Waals surface area contributed by atoms with Gasteiger partial charge in [-0.25, -0.2) is 9.78 Å². The molecule has 3 aromatic rings. The normalized spacial score (nSPS) is 11.5. The number of ether oxygens (including phenoxy) is 2. The third kappa shape index (κ3) is 5.39. The number of esters is 1. The molecule has 3 rings (SSSR count). The molecule has 0 radical (unpaired) electrons. The summed E-state index contributed by atoms with van der Waals surface area (Å²) in [6, 6.07) is 7.64. The van der Waals surface area contributed by atoms with Crippen LogP contribution in [0.25, 0.3) is 11.0 Å². The molecule has 1 amide bonds. The number of carbonyl (C=O) groups is 2. The van der Waals surface area contributed by atoms with E-state index in [0.717, 1.165) is 0 Å². The van der Waals surface area contributed by atoms with E-state index in [-0.39, 0.29) is 34.8 Å². The summed E-state index contributed by atoms with van der Waals surface area (Å²) in [5.74, 6) is -1.62. The second-order valence-corrected chi connectivity index (χ2v) is 7.47. The molecular formula is C22H21ClF3N3O4. The summed E-state index contributed by atoms with van der Waals surface area (Å²) in [6.45, 7) is 1.80. The lowest BCUT2D eigenvalue weighted by atomic mass is 10.1. The SMILES string of the molecule is CCOC(=O)c1c(OCC(F)(F)F)c2cc(NC(=O)c3ccc(Cl)cc3)c(CC)nc2n1C. The van der Waals surface area contributed by atoms with Crippen LogP contribution in [0, 0.1) is 0 Å². The molecule has 7 nitrogen and oxygen atoms in total. The third-order valence-corrected chi connectivity index (χ3v) is 4.98. The Morgan fingerprint density at radius 1 is 1.18 bits per heavy atom. The topological polar surface area (TPSA) is 82.4 Å². The maximum Gasteiger partial charge on any atom is 0.422 e. The van der Waals surface area contributed by atoms with E-state index in [1.165, 1.54) is 29.8 Å². The molecule has 0 spiro atoms. The Hall–Kier alpha value is -3.27. The van der Waals surface area contributed by atoms with Crippen LogP contribution in [0.3, 0.4) is 0 Å². The van der Waals surface area contributed by atoms with Crippen molar-refractivity contribution in [3.8, 4) is 5.75 Å². The number of amides is 1. The molecule has 0 saturated carbocycles. The van der Waals surface area contributed by atoms with Crippen LogP contribution in [-0.4, -0.2) is 40.8 Å². The Kier molecular flexibility index (Phi) is 7.16. The fraction of sp³-hybridized carbons (Fsp3) is 0.318. The molecule has 0 saturated heterocycles. The Morgan fingerprint density at radius 2 is 1.85 bits per heavy atom. The first-order chi connectivity index (χ1) is 15.6. The zero-order valence-corrected chi connectivity index (χ0v) is 18.8. The summed E-state index contributed by atoms with van der Waals surface area (Å²) < 4.78 is 50.0. The molecule has 176 valence electrons. The Labute approximate surface area is 192 Å². The minimum absolute atomic E-state index is 0.0229. The minimum atomic E-state index is -4.63. The van der Waals surface area contributed by atoms with Crippen LogP contribution in [0.15, 0.2) is 30.3 Å². The number of nitrogens with zero attached hydrogens (tertiary/aromatic N) is 2. The molecule has 1 N–H and O–H groups in total. The van der Waals surface area contributed by atoms with Gasteiger partial charge in [-0.2, -0.15) is 13.2 Å². The number of aryl methyl sites for hydroxylation is 2. The molecular weight excluding hydrogens is 463 g/mol. The summed E-state index contributed by atoms with van der Waals surface area (Å²) in [6.07, 6.45) is -4.22. The standard InChI is InChI=1S/C22H21ClF3N3O4/c1-4-15-16(28-20(30)12-6-8-13(23)9-7-12)10-14-18(33-11-22(24,25)26)17(21(31)32-5-2)29(3)19(14)27-15/h6-10H,4-5,11H2,1-3H3,(H,28,30). The molecule has 0 aliphatic heterocycles. The quantitative estimate of drug-likeness (QED) is 0.469. The Bertz CT molecular complexity index is 1190. The van der Waals surface area contributed by atoms with Gasteiger partial charge in [0.2, 0.25) is 0 Å². The highest BCUT2D eigenvalue weighted by molar-refractivity contribution is 6.30. The van der Waals surface area contributed by atoms with Gasteiger partial charge in [-0.1, -0.05) is 18.5 Å². The molecule has 0 atom stereocenters. The molecule has 33 heavy (non-hydrogen) atoms. The van der Waals surface area contributed by atoms with Gasteiger partial charge in [-0.05, 0) is 43.7 Å². The summed E-state index contributed by atoms with van der Waals surface area (Å²) >= 11 is 5.86. The van der Waals surface area contributed by atoms with E-state index in [1.807, 2.05) is 6.92 Å². The fourth-order valence-corrected chi connectivity index (χ4v) is 3.38. The second kappa shape index (κ2) is 9.70. The van der Waals surface area contributed by atoms with Gasteiger partial charge in [0.25, 0.3) is 5.91 Å². The molecule has 0 fully saturated rings. The van der Waals surface area contributed by atoms with E-state index in [1.54, 1.807) is 19.1 Å². The van der Waals surface area contributed by atoms with Crippen LogP contribution in [0.5, 0.6) is 5.75 Å². The second-order valence-electron chi connectivity index (χ2n) is 7.03. The van der Waals surface area contributed by atoms with Crippen molar-refractivity contribution >= 4 is 40.2 Å². The number of nitrogens with one attached hydrogen (secondary N) is 1. The predicted octanol–water partition coefficient (Wildman–Crippen LogP) is 5.16. The molecule has 0 unspecified atom stereocenters. The number of hydrogen-bond acceptors (Lipinski definition) is 5. The Morgan fingerprint density at radius 3 is 2.42 bits per heavy atom. The van der Waals surface area contributed by atoms with Crippen LogP contribution in [0.4, 0.5) is 18.9 Å². The van der Waals surface area contributed by atoms with E-state index in [4.69, 9.17) is 21.1 Å². The zero-order chi connectivity index (χ0) is 24.3. The number of benzene rings is 1. The van der Waals surface area contributed by atoms with Gasteiger partial charge in [0.05, 0.1) is 23.4 Å². The summed E-state index contributed by atoms with van der Waals surface area (Å²) in [4.78, 5) is 29.7. The van der Waals surface area contributed by atoms with Crippen molar-refractivity contribution in [1.29, 1.82) is 0 Å². The van der Waals surface area contributed by atoms with Gasteiger partial charge in [-0.15, -0.1) is 0 Å². The van der Waals surface area contributed by atoms with Crippen molar-refractivity contribution in [2.24, 2.45) is 7.05 Å². The van der Waals surface area contributed by atoms with Gasteiger partial charge in [0.15, 0.2) is 18.1 Å². The molecule has 0 bridgehead atoms. The molecule has 0 aliphatic rings. The lowest BCUT2D eigenvalue weighted by Crippen LogP contribution is -2.20. The van der Waals surface area contributed by atoms with Crippen LogP contribution >= 0.6 is 11.6 Å². The predicted molar refractivity (Wildman–Crippen MR) is 117 cm³/mol. The van der Waals surface area contributed by atoms with Crippen molar-refractivity contribution in [1.82, 2.24) is 9.55 Å². The van der Waals surface area contributed by atoms with Gasteiger partial charge >= 0.3 is 12.1 Å². The molecule has 2 aromatic heterocycles. The van der Waals surface area contributed by atoms with Gasteiger partial charge < -0.3 is 19.4 Å². The molecule has 11 heteroatoms. The van der Waals surface area contributed by atoms with E-state index in [2.05, 4.69) is 10.3 Å². The number of hydrogen-bond donors (Lipinski definition) is 1. The monoisotopic (exact) mass is 483 g/mol. The highest BCUT2D eigenvalue weighted by Crippen LogP contribution is 2.36. The fourth-order valence-electron chi connectivity index (χ4n) is 3.25. The average molecular weight is 484 g/mol. The third-order valence-electron chi connectivity index (χ3n) is 4.73. The van der Waals surface area contributed by atoms with Crippen LogP contribution in [0.1, 0.15) is 40.4 Å². The number of aromatic nitrogens is 2. The first kappa shape index (κ1) is 24.4. The number of pyridine rings is 1. The van der Waals surface area contributed by atoms with Crippen molar-refractivity contribution < 1.29 is 32.2 Å². The largest absolute Gasteiger partial charge is 0.481 e. The number of carbonyl (C=O) groups excluding carboxylic acids is 2. The zero-order valence-electron chi connectivity index (χ0n) is 18.0. The van der Waals surface area contributed by atoms with Crippen molar-refractivity contribution in [3.63, 3.8) is 0 Å². The smallest absolute Gasteiger partial charge is 0.422 e.